The van der Waals surface area contributed by atoms with Crippen molar-refractivity contribution in [2.45, 2.75) is 43.6 Å². The molecule has 3 aliphatic rings. The van der Waals surface area contributed by atoms with E-state index < -0.39 is 42.3 Å². The van der Waals surface area contributed by atoms with Crippen LogP contribution >= 0.6 is 0 Å². The molecule has 1 fully saturated rings. The molecule has 162 valence electrons. The lowest BCUT2D eigenvalue weighted by Crippen LogP contribution is -2.40. The van der Waals surface area contributed by atoms with E-state index in [0.717, 1.165) is 17.4 Å². The molecule has 0 amide bonds. The van der Waals surface area contributed by atoms with Crippen LogP contribution in [0.25, 0.3) is 0 Å². The highest BCUT2D eigenvalue weighted by atomic mass is 19.2. The average Bonchev–Trinajstić information content (AvgIpc) is 3.30. The zero-order chi connectivity index (χ0) is 21.2. The second-order valence-electron chi connectivity index (χ2n) is 7.89. The normalized spacial score (nSPS) is 33.2. The number of halogens is 2. The quantitative estimate of drug-likeness (QED) is 0.676. The van der Waals surface area contributed by atoms with Crippen LogP contribution in [0.2, 0.25) is 0 Å². The van der Waals surface area contributed by atoms with E-state index in [1.54, 1.807) is 4.57 Å². The topological polar surface area (TPSA) is 88.4 Å². The van der Waals surface area contributed by atoms with Crippen molar-refractivity contribution < 1.29 is 33.2 Å². The fourth-order valence-corrected chi connectivity index (χ4v) is 4.49. The number of ether oxygens (including phenoxy) is 3. The smallest absolute Gasteiger partial charge is 0.201 e. The molecule has 6 atom stereocenters. The zero-order valence-electron chi connectivity index (χ0n) is 16.5. The summed E-state index contributed by atoms with van der Waals surface area (Å²) in [5, 5.41) is 24.9. The van der Waals surface area contributed by atoms with Gasteiger partial charge in [-0.1, -0.05) is 0 Å². The molecule has 0 aliphatic carbocycles. The van der Waals surface area contributed by atoms with E-state index in [1.165, 1.54) is 6.07 Å². The van der Waals surface area contributed by atoms with Crippen LogP contribution in [0.5, 0.6) is 5.75 Å². The molecule has 2 aromatic rings. The van der Waals surface area contributed by atoms with Crippen molar-refractivity contribution in [2.75, 3.05) is 25.4 Å². The maximum atomic E-state index is 14.2. The van der Waals surface area contributed by atoms with Crippen molar-refractivity contribution in [1.82, 2.24) is 9.88 Å². The molecule has 0 saturated carbocycles. The van der Waals surface area contributed by atoms with Crippen LogP contribution in [0.4, 0.5) is 14.6 Å². The number of nitrogens with zero attached hydrogens (tertiary/aromatic N) is 2. The molecule has 0 spiro atoms. The zero-order valence-corrected chi connectivity index (χ0v) is 16.5. The number of fused-ring (bicyclic) bond motifs is 2. The lowest BCUT2D eigenvalue weighted by molar-refractivity contribution is -0.148. The first kappa shape index (κ1) is 19.7. The van der Waals surface area contributed by atoms with E-state index in [-0.39, 0.29) is 24.1 Å². The molecule has 10 heteroatoms. The van der Waals surface area contributed by atoms with Crippen LogP contribution in [-0.2, 0) is 9.47 Å². The number of hydrogen-bond acceptors (Lipinski definition) is 7. The lowest BCUT2D eigenvalue weighted by Gasteiger charge is -2.33. The van der Waals surface area contributed by atoms with Gasteiger partial charge in [0, 0.05) is 30.4 Å². The maximum Gasteiger partial charge on any atom is 0.201 e. The SMILES string of the molecule is CC1NCN(C)c2c1ccn2[C@@H]1O[C@H]([C@@H]2OCOc3c2ccc(F)c3F)[C@@H](O)[C@H]1O. The van der Waals surface area contributed by atoms with E-state index in [9.17, 15) is 19.0 Å². The fourth-order valence-electron chi connectivity index (χ4n) is 4.49. The summed E-state index contributed by atoms with van der Waals surface area (Å²) < 4.78 is 46.3. The van der Waals surface area contributed by atoms with Gasteiger partial charge in [0.1, 0.15) is 30.2 Å². The third-order valence-corrected chi connectivity index (χ3v) is 6.07. The second kappa shape index (κ2) is 7.17. The number of aromatic nitrogens is 1. The summed E-state index contributed by atoms with van der Waals surface area (Å²) in [5.74, 6) is -1.55. The number of rotatable bonds is 2. The van der Waals surface area contributed by atoms with Gasteiger partial charge < -0.3 is 33.9 Å². The Morgan fingerprint density at radius 2 is 1.93 bits per heavy atom. The minimum Gasteiger partial charge on any atom is -0.464 e. The number of aliphatic hydroxyl groups excluding tert-OH is 2. The van der Waals surface area contributed by atoms with Crippen LogP contribution in [0.3, 0.4) is 0 Å². The molecule has 8 nitrogen and oxygen atoms in total. The summed E-state index contributed by atoms with van der Waals surface area (Å²) in [6.07, 6.45) is -3.54. The molecular formula is C20H23F2N3O5. The largest absolute Gasteiger partial charge is 0.464 e. The number of benzene rings is 1. The second-order valence-corrected chi connectivity index (χ2v) is 7.89. The first-order valence-corrected chi connectivity index (χ1v) is 9.77. The van der Waals surface area contributed by atoms with E-state index in [4.69, 9.17) is 14.2 Å². The van der Waals surface area contributed by atoms with Gasteiger partial charge in [-0.15, -0.1) is 0 Å². The Balaban J connectivity index is 1.49. The molecule has 5 rings (SSSR count). The highest BCUT2D eigenvalue weighted by molar-refractivity contribution is 5.52. The summed E-state index contributed by atoms with van der Waals surface area (Å²) in [7, 11) is 1.92. The van der Waals surface area contributed by atoms with Gasteiger partial charge in [0.25, 0.3) is 0 Å². The van der Waals surface area contributed by atoms with E-state index in [2.05, 4.69) is 5.32 Å². The minimum absolute atomic E-state index is 0.125. The molecule has 0 radical (unpaired) electrons. The Bertz CT molecular complexity index is 970. The van der Waals surface area contributed by atoms with Crippen LogP contribution in [0.1, 0.15) is 36.4 Å². The van der Waals surface area contributed by atoms with Crippen molar-refractivity contribution in [3.63, 3.8) is 0 Å². The van der Waals surface area contributed by atoms with Gasteiger partial charge in [-0.05, 0) is 25.1 Å². The van der Waals surface area contributed by atoms with Gasteiger partial charge >= 0.3 is 0 Å². The molecule has 1 unspecified atom stereocenters. The van der Waals surface area contributed by atoms with Crippen molar-refractivity contribution in [2.24, 2.45) is 0 Å². The van der Waals surface area contributed by atoms with Gasteiger partial charge in [-0.3, -0.25) is 5.32 Å². The summed E-state index contributed by atoms with van der Waals surface area (Å²) >= 11 is 0. The van der Waals surface area contributed by atoms with Crippen LogP contribution in [-0.4, -0.2) is 53.6 Å². The maximum absolute atomic E-state index is 14.2. The minimum atomic E-state index is -1.30. The molecule has 3 N–H and O–H groups in total. The molecule has 1 aromatic carbocycles. The van der Waals surface area contributed by atoms with Crippen LogP contribution in [0.15, 0.2) is 24.4 Å². The highest BCUT2D eigenvalue weighted by Gasteiger charge is 2.50. The Morgan fingerprint density at radius 1 is 1.13 bits per heavy atom. The molecule has 3 aliphatic heterocycles. The van der Waals surface area contributed by atoms with E-state index >= 15 is 0 Å². The van der Waals surface area contributed by atoms with Crippen molar-refractivity contribution in [1.29, 1.82) is 0 Å². The van der Waals surface area contributed by atoms with Gasteiger partial charge in [0.2, 0.25) is 5.82 Å². The van der Waals surface area contributed by atoms with Crippen LogP contribution < -0.4 is 15.0 Å². The third-order valence-electron chi connectivity index (χ3n) is 6.07. The predicted molar refractivity (Wildman–Crippen MR) is 101 cm³/mol. The summed E-state index contributed by atoms with van der Waals surface area (Å²) in [5.41, 5.74) is 1.27. The average molecular weight is 423 g/mol. The lowest BCUT2D eigenvalue weighted by atomic mass is 9.97. The molecule has 1 aromatic heterocycles. The Hall–Kier alpha value is -2.24. The number of anilines is 1. The number of nitrogens with one attached hydrogen (secondary N) is 1. The van der Waals surface area contributed by atoms with Gasteiger partial charge in [-0.2, -0.15) is 4.39 Å². The van der Waals surface area contributed by atoms with E-state index in [1.807, 2.05) is 31.1 Å². The molecule has 1 saturated heterocycles. The first-order chi connectivity index (χ1) is 14.4. The van der Waals surface area contributed by atoms with Crippen molar-refractivity contribution in [3.8, 4) is 5.75 Å². The summed E-state index contributed by atoms with van der Waals surface area (Å²) in [6, 6.07) is 4.38. The highest BCUT2D eigenvalue weighted by Crippen LogP contribution is 2.45. The van der Waals surface area contributed by atoms with Crippen molar-refractivity contribution in [3.05, 3.63) is 47.2 Å². The summed E-state index contributed by atoms with van der Waals surface area (Å²) in [6.45, 7) is 2.34. The molecule has 4 heterocycles. The summed E-state index contributed by atoms with van der Waals surface area (Å²) in [4.78, 5) is 1.99. The Labute approximate surface area is 171 Å². The Kier molecular flexibility index (Phi) is 4.71. The molecule has 0 bridgehead atoms. The number of hydrogen-bond donors (Lipinski definition) is 3. The molecular weight excluding hydrogens is 400 g/mol. The van der Waals surface area contributed by atoms with E-state index in [0.29, 0.717) is 6.67 Å². The number of aliphatic hydroxyl groups is 2. The van der Waals surface area contributed by atoms with Crippen molar-refractivity contribution >= 4 is 5.82 Å². The van der Waals surface area contributed by atoms with Gasteiger partial charge in [0.15, 0.2) is 24.6 Å². The Morgan fingerprint density at radius 3 is 2.73 bits per heavy atom. The fraction of sp³-hybridized carbons (Fsp3) is 0.500. The first-order valence-electron chi connectivity index (χ1n) is 9.77. The van der Waals surface area contributed by atoms with Gasteiger partial charge in [0.05, 0.1) is 6.67 Å². The predicted octanol–water partition coefficient (Wildman–Crippen LogP) is 1.55. The van der Waals surface area contributed by atoms with Crippen LogP contribution in [0, 0.1) is 11.6 Å². The standard InChI is InChI=1S/C20H23F2N3O5/c1-9-10-5-6-25(19(10)24(2)7-23-9)20-15(27)14(26)18(30-20)17-11-3-4-12(21)13(22)16(11)28-8-29-17/h3-6,9,14-15,17-18,20,23,26-27H,7-8H2,1-2H3/t9?,14-,15+,17+,18-,20+/m0/s1. The molecule has 30 heavy (non-hydrogen) atoms. The third kappa shape index (κ3) is 2.83. The van der Waals surface area contributed by atoms with Gasteiger partial charge in [-0.25, -0.2) is 4.39 Å². The monoisotopic (exact) mass is 423 g/mol.